The van der Waals surface area contributed by atoms with E-state index >= 15 is 0 Å². The molecule has 40 heavy (non-hydrogen) atoms. The summed E-state index contributed by atoms with van der Waals surface area (Å²) < 4.78 is 11.1. The van der Waals surface area contributed by atoms with Gasteiger partial charge >= 0.3 is 12.1 Å². The monoisotopic (exact) mass is 572 g/mol. The minimum atomic E-state index is -1.16. The van der Waals surface area contributed by atoms with Crippen molar-refractivity contribution in [2.45, 2.75) is 88.7 Å². The Bertz CT molecular complexity index is 1210. The van der Waals surface area contributed by atoms with Crippen LogP contribution in [0, 0.1) is 5.92 Å². The van der Waals surface area contributed by atoms with Gasteiger partial charge in [0.25, 0.3) is 0 Å². The first-order valence-electron chi connectivity index (χ1n) is 14.2. The highest BCUT2D eigenvalue weighted by Crippen LogP contribution is 2.46. The van der Waals surface area contributed by atoms with Crippen molar-refractivity contribution in [1.82, 2.24) is 15.1 Å². The fourth-order valence-corrected chi connectivity index (χ4v) is 6.27. The lowest BCUT2D eigenvalue weighted by atomic mass is 10.1. The minimum absolute atomic E-state index is 0.0492. The van der Waals surface area contributed by atoms with Gasteiger partial charge in [-0.15, -0.1) is 0 Å². The average Bonchev–Trinajstić information content (AvgIpc) is 3.24. The summed E-state index contributed by atoms with van der Waals surface area (Å²) in [6, 6.07) is 3.85. The lowest BCUT2D eigenvalue weighted by Gasteiger charge is -2.28. The zero-order chi connectivity index (χ0) is 28.4. The van der Waals surface area contributed by atoms with Crippen LogP contribution in [0.2, 0.25) is 5.02 Å². The van der Waals surface area contributed by atoms with E-state index in [9.17, 15) is 19.2 Å². The van der Waals surface area contributed by atoms with Gasteiger partial charge in [0.2, 0.25) is 11.8 Å². The summed E-state index contributed by atoms with van der Waals surface area (Å²) in [5.41, 5.74) is 6.97. The number of amides is 3. The highest BCUT2D eigenvalue weighted by molar-refractivity contribution is 6.31. The molecule has 5 rings (SSSR count). The van der Waals surface area contributed by atoms with Crippen LogP contribution >= 0.6 is 11.6 Å². The van der Waals surface area contributed by atoms with Gasteiger partial charge < -0.3 is 25.4 Å². The molecular formula is C29H37ClN4O6. The summed E-state index contributed by atoms with van der Waals surface area (Å²) in [6.45, 7) is 2.67. The lowest BCUT2D eigenvalue weighted by Crippen LogP contribution is -2.55. The Kier molecular flexibility index (Phi) is 8.37. The fraction of sp³-hybridized carbons (Fsp3) is 0.586. The summed E-state index contributed by atoms with van der Waals surface area (Å²) >= 11 is 6.30. The van der Waals surface area contributed by atoms with E-state index in [1.807, 2.05) is 24.3 Å². The topological polar surface area (TPSA) is 131 Å². The number of halogens is 1. The Hall–Kier alpha value is -3.11. The first-order valence-corrected chi connectivity index (χ1v) is 14.5. The van der Waals surface area contributed by atoms with Crippen LogP contribution < -0.4 is 11.1 Å². The van der Waals surface area contributed by atoms with Crippen molar-refractivity contribution in [3.05, 3.63) is 46.5 Å². The van der Waals surface area contributed by atoms with Gasteiger partial charge in [-0.1, -0.05) is 48.7 Å². The summed E-state index contributed by atoms with van der Waals surface area (Å²) in [4.78, 5) is 56.1. The molecule has 1 aliphatic carbocycles. The fourth-order valence-electron chi connectivity index (χ4n) is 6.01. The average molecular weight is 573 g/mol. The first-order chi connectivity index (χ1) is 19.2. The van der Waals surface area contributed by atoms with Crippen LogP contribution in [-0.4, -0.2) is 70.6 Å². The normalized spacial score (nSPS) is 30.4. The molecule has 0 spiro atoms. The second-order valence-electron chi connectivity index (χ2n) is 11.1. The molecule has 2 fully saturated rings. The molecule has 1 saturated heterocycles. The van der Waals surface area contributed by atoms with E-state index in [4.69, 9.17) is 26.8 Å². The van der Waals surface area contributed by atoms with Crippen LogP contribution in [0.15, 0.2) is 30.4 Å². The molecule has 0 radical (unpaired) electrons. The van der Waals surface area contributed by atoms with E-state index in [2.05, 4.69) is 5.32 Å². The number of fused-ring (bicyclic) bond motifs is 3. The van der Waals surface area contributed by atoms with Crippen LogP contribution in [0.5, 0.6) is 0 Å². The smallest absolute Gasteiger partial charge is 0.410 e. The van der Waals surface area contributed by atoms with Crippen molar-refractivity contribution in [3.8, 4) is 0 Å². The number of rotatable bonds is 3. The second kappa shape index (κ2) is 11.8. The molecular weight excluding hydrogens is 536 g/mol. The molecule has 11 heteroatoms. The number of nitrogens with two attached hydrogens (primary N) is 1. The molecule has 0 aromatic heterocycles. The predicted molar refractivity (Wildman–Crippen MR) is 147 cm³/mol. The molecule has 0 unspecified atom stereocenters. The number of nitrogens with one attached hydrogen (secondary N) is 1. The second-order valence-corrected chi connectivity index (χ2v) is 11.6. The van der Waals surface area contributed by atoms with Crippen molar-refractivity contribution < 1.29 is 28.7 Å². The Labute approximate surface area is 239 Å². The molecule has 5 atom stereocenters. The van der Waals surface area contributed by atoms with Crippen LogP contribution in [0.25, 0.3) is 0 Å². The van der Waals surface area contributed by atoms with Crippen LogP contribution in [-0.2, 0) is 36.9 Å². The molecule has 216 valence electrons. The van der Waals surface area contributed by atoms with Gasteiger partial charge in [-0.25, -0.2) is 9.59 Å². The number of allylic oxidation sites excluding steroid dienone is 1. The Balaban J connectivity index is 1.33. The highest BCUT2D eigenvalue weighted by atomic mass is 35.5. The first kappa shape index (κ1) is 28.4. The van der Waals surface area contributed by atoms with Gasteiger partial charge in [-0.2, -0.15) is 0 Å². The van der Waals surface area contributed by atoms with Crippen LogP contribution in [0.1, 0.15) is 63.0 Å². The molecule has 3 heterocycles. The molecule has 10 nitrogen and oxygen atoms in total. The van der Waals surface area contributed by atoms with Crippen molar-refractivity contribution in [2.75, 3.05) is 13.2 Å². The quantitative estimate of drug-likeness (QED) is 0.420. The third kappa shape index (κ3) is 5.69. The van der Waals surface area contributed by atoms with E-state index < -0.39 is 41.7 Å². The van der Waals surface area contributed by atoms with Gasteiger partial charge in [-0.05, 0) is 49.8 Å². The van der Waals surface area contributed by atoms with Gasteiger partial charge in [0.05, 0.1) is 25.7 Å². The number of hydrogen-bond donors (Lipinski definition) is 2. The molecule has 3 N–H and O–H groups in total. The summed E-state index contributed by atoms with van der Waals surface area (Å²) in [7, 11) is 0. The van der Waals surface area contributed by atoms with Crippen LogP contribution in [0.4, 0.5) is 4.79 Å². The van der Waals surface area contributed by atoms with E-state index in [1.165, 1.54) is 4.90 Å². The number of benzene rings is 1. The Morgan fingerprint density at radius 3 is 2.80 bits per heavy atom. The highest BCUT2D eigenvalue weighted by Gasteiger charge is 2.62. The van der Waals surface area contributed by atoms with Gasteiger partial charge in [0, 0.05) is 23.9 Å². The Morgan fingerprint density at radius 2 is 2.02 bits per heavy atom. The number of ether oxygens (including phenoxy) is 2. The number of nitrogens with zero attached hydrogens (tertiary/aromatic N) is 2. The van der Waals surface area contributed by atoms with E-state index in [0.717, 1.165) is 36.8 Å². The Morgan fingerprint density at radius 1 is 1.20 bits per heavy atom. The van der Waals surface area contributed by atoms with Crippen molar-refractivity contribution in [2.24, 2.45) is 11.7 Å². The number of carbonyl (C=O) groups excluding carboxylic acids is 4. The molecule has 4 aliphatic rings. The van der Waals surface area contributed by atoms with Crippen LogP contribution in [0.3, 0.4) is 0 Å². The zero-order valence-electron chi connectivity index (χ0n) is 22.8. The van der Waals surface area contributed by atoms with Crippen molar-refractivity contribution in [1.29, 1.82) is 0 Å². The number of hydrogen-bond acceptors (Lipinski definition) is 7. The maximum Gasteiger partial charge on any atom is 0.410 e. The third-order valence-corrected chi connectivity index (χ3v) is 8.73. The van der Waals surface area contributed by atoms with Crippen molar-refractivity contribution in [3.63, 3.8) is 0 Å². The predicted octanol–water partition coefficient (Wildman–Crippen LogP) is 3.05. The summed E-state index contributed by atoms with van der Waals surface area (Å²) in [5, 5.41) is 3.51. The van der Waals surface area contributed by atoms with E-state index in [-0.39, 0.29) is 31.4 Å². The van der Waals surface area contributed by atoms with Gasteiger partial charge in [0.15, 0.2) is 0 Å². The molecule has 1 aromatic carbocycles. The zero-order valence-corrected chi connectivity index (χ0v) is 23.5. The third-order valence-electron chi connectivity index (χ3n) is 8.37. The number of carbonyl (C=O) groups is 4. The largest absolute Gasteiger partial charge is 0.464 e. The van der Waals surface area contributed by atoms with Gasteiger partial charge in [0.1, 0.15) is 17.7 Å². The number of esters is 1. The molecule has 1 saturated carbocycles. The maximum absolute atomic E-state index is 13.7. The SMILES string of the molecule is CCOC(=O)[C@@]12C[C@H]1C=CCCCCC[C@H](N)C(=O)N1C[C@H](OC(=O)N3Cc4cccc(Cl)c4C3)C[C@H]1C(=O)N2. The molecule has 0 bridgehead atoms. The molecule has 1 aromatic rings. The van der Waals surface area contributed by atoms with Crippen molar-refractivity contribution >= 4 is 35.5 Å². The maximum atomic E-state index is 13.7. The molecule has 3 aliphatic heterocycles. The molecule has 3 amide bonds. The summed E-state index contributed by atoms with van der Waals surface area (Å²) in [5.74, 6) is -1.49. The standard InChI is InChI=1S/C29H37ClN4O6/c1-2-39-27(37)29-14-19(29)10-6-4-3-5-7-12-23(31)26(36)34-16-20(13-24(34)25(35)32-29)40-28(38)33-15-18-9-8-11-22(30)21(18)17-33/h6,8-11,19-20,23-24H,2-5,7,12-17,31H2,1H3,(H,32,35)/t19-,20-,23+,24+,29-/m1/s1. The summed E-state index contributed by atoms with van der Waals surface area (Å²) in [6.07, 6.45) is 7.33. The lowest BCUT2D eigenvalue weighted by molar-refractivity contribution is -0.150. The van der Waals surface area contributed by atoms with E-state index in [0.29, 0.717) is 31.0 Å². The minimum Gasteiger partial charge on any atom is -0.464 e. The van der Waals surface area contributed by atoms with E-state index in [1.54, 1.807) is 17.9 Å². The van der Waals surface area contributed by atoms with Gasteiger partial charge in [-0.3, -0.25) is 14.5 Å².